The van der Waals surface area contributed by atoms with Crippen molar-refractivity contribution in [2.45, 2.75) is 19.9 Å². The van der Waals surface area contributed by atoms with E-state index in [9.17, 15) is 4.79 Å². The molecule has 1 aliphatic heterocycles. The van der Waals surface area contributed by atoms with Crippen molar-refractivity contribution in [1.29, 1.82) is 0 Å². The molecule has 1 atom stereocenters. The standard InChI is InChI=1S/C13H18N2O2/c1-9-5-11(7-12(14)6-9)13(16)15-3-4-17-8-10(15)2/h5-7,10H,3-4,8,14H2,1-2H3/t10-/m1/s1. The number of anilines is 1. The number of aryl methyl sites for hydroxylation is 1. The van der Waals surface area contributed by atoms with Gasteiger partial charge in [0, 0.05) is 17.8 Å². The number of nitrogens with two attached hydrogens (primary N) is 1. The molecule has 1 aliphatic rings. The number of amides is 1. The van der Waals surface area contributed by atoms with Gasteiger partial charge in [0.25, 0.3) is 5.91 Å². The molecule has 0 aromatic heterocycles. The second-order valence-electron chi connectivity index (χ2n) is 4.55. The number of carbonyl (C=O) groups is 1. The Morgan fingerprint density at radius 3 is 2.88 bits per heavy atom. The first-order valence-electron chi connectivity index (χ1n) is 5.84. The fourth-order valence-electron chi connectivity index (χ4n) is 2.13. The van der Waals surface area contributed by atoms with Gasteiger partial charge in [-0.15, -0.1) is 0 Å². The van der Waals surface area contributed by atoms with Gasteiger partial charge in [-0.25, -0.2) is 0 Å². The van der Waals surface area contributed by atoms with Crippen molar-refractivity contribution in [1.82, 2.24) is 4.90 Å². The third-order valence-electron chi connectivity index (χ3n) is 2.98. The molecule has 92 valence electrons. The molecular weight excluding hydrogens is 216 g/mol. The molecule has 1 aromatic rings. The minimum Gasteiger partial charge on any atom is -0.399 e. The molecule has 4 nitrogen and oxygen atoms in total. The first kappa shape index (κ1) is 11.9. The third kappa shape index (κ3) is 2.58. The van der Waals surface area contributed by atoms with Gasteiger partial charge < -0.3 is 15.4 Å². The average molecular weight is 234 g/mol. The average Bonchev–Trinajstić information content (AvgIpc) is 2.27. The van der Waals surface area contributed by atoms with Crippen molar-refractivity contribution in [3.63, 3.8) is 0 Å². The van der Waals surface area contributed by atoms with Crippen LogP contribution in [-0.2, 0) is 4.74 Å². The van der Waals surface area contributed by atoms with Gasteiger partial charge in [-0.3, -0.25) is 4.79 Å². The Hall–Kier alpha value is -1.55. The first-order valence-corrected chi connectivity index (χ1v) is 5.84. The van der Waals surface area contributed by atoms with E-state index in [1.54, 1.807) is 6.07 Å². The molecule has 2 rings (SSSR count). The van der Waals surface area contributed by atoms with Crippen LogP contribution in [0, 0.1) is 6.92 Å². The van der Waals surface area contributed by atoms with Crippen molar-refractivity contribution in [2.75, 3.05) is 25.5 Å². The SMILES string of the molecule is Cc1cc(N)cc(C(=O)N2CCOC[C@H]2C)c1. The first-order chi connectivity index (χ1) is 8.08. The normalized spacial score (nSPS) is 20.4. The Kier molecular flexibility index (Phi) is 3.33. The van der Waals surface area contributed by atoms with E-state index in [-0.39, 0.29) is 11.9 Å². The van der Waals surface area contributed by atoms with E-state index in [0.29, 0.717) is 31.0 Å². The Balaban J connectivity index is 2.23. The second-order valence-corrected chi connectivity index (χ2v) is 4.55. The minimum atomic E-state index is 0.0381. The summed E-state index contributed by atoms with van der Waals surface area (Å²) in [6, 6.07) is 5.59. The molecule has 1 heterocycles. The Bertz CT molecular complexity index is 411. The summed E-state index contributed by atoms with van der Waals surface area (Å²) in [5, 5.41) is 0. The summed E-state index contributed by atoms with van der Waals surface area (Å²) in [6.45, 7) is 5.80. The summed E-state index contributed by atoms with van der Waals surface area (Å²) in [5.74, 6) is 0.0381. The summed E-state index contributed by atoms with van der Waals surface area (Å²) in [7, 11) is 0. The lowest BCUT2D eigenvalue weighted by molar-refractivity contribution is 0.00359. The molecule has 0 saturated carbocycles. The summed E-state index contributed by atoms with van der Waals surface area (Å²) < 4.78 is 5.33. The molecular formula is C13H18N2O2. The van der Waals surface area contributed by atoms with E-state index in [4.69, 9.17) is 10.5 Å². The molecule has 0 unspecified atom stereocenters. The molecule has 2 N–H and O–H groups in total. The van der Waals surface area contributed by atoms with Crippen LogP contribution in [0.1, 0.15) is 22.8 Å². The molecule has 1 aromatic carbocycles. The highest BCUT2D eigenvalue weighted by molar-refractivity contribution is 5.95. The van der Waals surface area contributed by atoms with E-state index < -0.39 is 0 Å². The lowest BCUT2D eigenvalue weighted by Gasteiger charge is -2.33. The number of nitrogens with zero attached hydrogens (tertiary/aromatic N) is 1. The molecule has 1 amide bonds. The van der Waals surface area contributed by atoms with Crippen LogP contribution >= 0.6 is 0 Å². The van der Waals surface area contributed by atoms with Gasteiger partial charge in [-0.05, 0) is 37.6 Å². The lowest BCUT2D eigenvalue weighted by atomic mass is 10.1. The lowest BCUT2D eigenvalue weighted by Crippen LogP contribution is -2.47. The third-order valence-corrected chi connectivity index (χ3v) is 2.98. The van der Waals surface area contributed by atoms with Crippen LogP contribution < -0.4 is 5.73 Å². The molecule has 0 spiro atoms. The van der Waals surface area contributed by atoms with Gasteiger partial charge in [0.05, 0.1) is 19.3 Å². The quantitative estimate of drug-likeness (QED) is 0.748. The maximum Gasteiger partial charge on any atom is 0.254 e. The van der Waals surface area contributed by atoms with E-state index in [1.165, 1.54) is 0 Å². The van der Waals surface area contributed by atoms with Crippen LogP contribution in [0.2, 0.25) is 0 Å². The van der Waals surface area contributed by atoms with Crippen molar-refractivity contribution in [3.8, 4) is 0 Å². The maximum absolute atomic E-state index is 12.3. The van der Waals surface area contributed by atoms with Crippen molar-refractivity contribution < 1.29 is 9.53 Å². The monoisotopic (exact) mass is 234 g/mol. The molecule has 17 heavy (non-hydrogen) atoms. The van der Waals surface area contributed by atoms with E-state index in [0.717, 1.165) is 5.56 Å². The number of benzene rings is 1. The smallest absolute Gasteiger partial charge is 0.254 e. The van der Waals surface area contributed by atoms with Crippen molar-refractivity contribution in [2.24, 2.45) is 0 Å². The molecule has 0 bridgehead atoms. The Morgan fingerprint density at radius 1 is 1.47 bits per heavy atom. The van der Waals surface area contributed by atoms with Gasteiger partial charge >= 0.3 is 0 Å². The zero-order valence-corrected chi connectivity index (χ0v) is 10.3. The highest BCUT2D eigenvalue weighted by Crippen LogP contribution is 2.16. The highest BCUT2D eigenvalue weighted by Gasteiger charge is 2.24. The van der Waals surface area contributed by atoms with Crippen molar-refractivity contribution >= 4 is 11.6 Å². The number of rotatable bonds is 1. The van der Waals surface area contributed by atoms with Crippen LogP contribution in [0.4, 0.5) is 5.69 Å². The van der Waals surface area contributed by atoms with Crippen LogP contribution in [0.15, 0.2) is 18.2 Å². The molecule has 1 fully saturated rings. The Morgan fingerprint density at radius 2 is 2.24 bits per heavy atom. The van der Waals surface area contributed by atoms with Gasteiger partial charge in [-0.2, -0.15) is 0 Å². The fraction of sp³-hybridized carbons (Fsp3) is 0.462. The van der Waals surface area contributed by atoms with Gasteiger partial charge in [0.15, 0.2) is 0 Å². The van der Waals surface area contributed by atoms with E-state index >= 15 is 0 Å². The highest BCUT2D eigenvalue weighted by atomic mass is 16.5. The number of hydrogen-bond acceptors (Lipinski definition) is 3. The second kappa shape index (κ2) is 4.75. The topological polar surface area (TPSA) is 55.6 Å². The van der Waals surface area contributed by atoms with Crippen LogP contribution in [0.25, 0.3) is 0 Å². The number of hydrogen-bond donors (Lipinski definition) is 1. The van der Waals surface area contributed by atoms with Gasteiger partial charge in [0.1, 0.15) is 0 Å². The summed E-state index contributed by atoms with van der Waals surface area (Å²) in [6.07, 6.45) is 0. The molecule has 0 aliphatic carbocycles. The van der Waals surface area contributed by atoms with E-state index in [2.05, 4.69) is 0 Å². The van der Waals surface area contributed by atoms with Gasteiger partial charge in [-0.1, -0.05) is 0 Å². The van der Waals surface area contributed by atoms with Crippen LogP contribution in [-0.4, -0.2) is 36.6 Å². The van der Waals surface area contributed by atoms with Crippen LogP contribution in [0.5, 0.6) is 0 Å². The zero-order valence-electron chi connectivity index (χ0n) is 10.3. The largest absolute Gasteiger partial charge is 0.399 e. The Labute approximate surface area is 101 Å². The predicted molar refractivity (Wildman–Crippen MR) is 66.9 cm³/mol. The molecule has 1 saturated heterocycles. The molecule has 0 radical (unpaired) electrons. The zero-order chi connectivity index (χ0) is 12.4. The van der Waals surface area contributed by atoms with E-state index in [1.807, 2.05) is 30.9 Å². The number of carbonyl (C=O) groups excluding carboxylic acids is 1. The summed E-state index contributed by atoms with van der Waals surface area (Å²) >= 11 is 0. The van der Waals surface area contributed by atoms with Crippen molar-refractivity contribution in [3.05, 3.63) is 29.3 Å². The van der Waals surface area contributed by atoms with Gasteiger partial charge in [0.2, 0.25) is 0 Å². The summed E-state index contributed by atoms with van der Waals surface area (Å²) in [4.78, 5) is 14.2. The van der Waals surface area contributed by atoms with Crippen LogP contribution in [0.3, 0.4) is 0 Å². The molecule has 4 heteroatoms. The number of nitrogen functional groups attached to an aromatic ring is 1. The predicted octanol–water partition coefficient (Wildman–Crippen LogP) is 1.44. The maximum atomic E-state index is 12.3. The number of morpholine rings is 1. The minimum absolute atomic E-state index is 0.0381. The summed E-state index contributed by atoms with van der Waals surface area (Å²) in [5.41, 5.74) is 8.07. The number of ether oxygens (including phenoxy) is 1. The fourth-order valence-corrected chi connectivity index (χ4v) is 2.13.